The average Bonchev–Trinajstić information content (AvgIpc) is 2.38. The third kappa shape index (κ3) is 3.00. The molecule has 0 amide bonds. The van der Waals surface area contributed by atoms with Crippen molar-refractivity contribution in [3.05, 3.63) is 58.7 Å². The Bertz CT molecular complexity index is 666. The highest BCUT2D eigenvalue weighted by molar-refractivity contribution is 5.49. The number of nitriles is 1. The highest BCUT2D eigenvalue weighted by Gasteiger charge is 2.11. The van der Waals surface area contributed by atoms with Crippen molar-refractivity contribution in [3.63, 3.8) is 0 Å². The summed E-state index contributed by atoms with van der Waals surface area (Å²) in [7, 11) is 0. The van der Waals surface area contributed by atoms with E-state index >= 15 is 0 Å². The molecule has 2 aromatic rings. The Morgan fingerprint density at radius 3 is 2.15 bits per heavy atom. The zero-order chi connectivity index (χ0) is 14.7. The fourth-order valence-corrected chi connectivity index (χ4v) is 2.13. The van der Waals surface area contributed by atoms with Crippen molar-refractivity contribution < 1.29 is 4.74 Å². The quantitative estimate of drug-likeness (QED) is 0.774. The maximum Gasteiger partial charge on any atom is 0.145 e. The number of nitrogens with zero attached hydrogens (tertiary/aromatic N) is 1. The molecule has 0 aliphatic rings. The molecule has 0 aliphatic heterocycles. The van der Waals surface area contributed by atoms with Crippen LogP contribution >= 0.6 is 0 Å². The summed E-state index contributed by atoms with van der Waals surface area (Å²) < 4.78 is 6.03. The Hall–Kier alpha value is -2.27. The molecule has 2 nitrogen and oxygen atoms in total. The highest BCUT2D eigenvalue weighted by atomic mass is 16.5. The summed E-state index contributed by atoms with van der Waals surface area (Å²) in [6, 6.07) is 14.0. The van der Waals surface area contributed by atoms with Gasteiger partial charge < -0.3 is 4.74 Å². The first-order valence-corrected chi connectivity index (χ1v) is 6.80. The van der Waals surface area contributed by atoms with E-state index in [0.29, 0.717) is 17.2 Å². The smallest absolute Gasteiger partial charge is 0.145 e. The van der Waals surface area contributed by atoms with E-state index in [0.717, 1.165) is 22.4 Å². The molecule has 0 heterocycles. The topological polar surface area (TPSA) is 33.0 Å². The highest BCUT2D eigenvalue weighted by Crippen LogP contribution is 2.33. The maximum atomic E-state index is 9.19. The third-order valence-electron chi connectivity index (χ3n) is 3.27. The Morgan fingerprint density at radius 2 is 1.55 bits per heavy atom. The Balaban J connectivity index is 2.47. The number of hydrogen-bond acceptors (Lipinski definition) is 2. The van der Waals surface area contributed by atoms with Crippen LogP contribution in [-0.4, -0.2) is 0 Å². The number of rotatable bonds is 3. The van der Waals surface area contributed by atoms with Crippen molar-refractivity contribution in [1.82, 2.24) is 0 Å². The number of aryl methyl sites for hydroxylation is 2. The van der Waals surface area contributed by atoms with Crippen molar-refractivity contribution in [1.29, 1.82) is 5.26 Å². The molecule has 0 unspecified atom stereocenters. The van der Waals surface area contributed by atoms with Gasteiger partial charge in [-0.15, -0.1) is 0 Å². The molecule has 0 aromatic heterocycles. The van der Waals surface area contributed by atoms with E-state index in [1.807, 2.05) is 32.0 Å². The summed E-state index contributed by atoms with van der Waals surface area (Å²) in [5, 5.41) is 9.19. The molecule has 0 fully saturated rings. The lowest BCUT2D eigenvalue weighted by Gasteiger charge is -2.15. The molecule has 0 radical (unpaired) electrons. The first kappa shape index (κ1) is 14.1. The summed E-state index contributed by atoms with van der Waals surface area (Å²) in [6.45, 7) is 8.31. The lowest BCUT2D eigenvalue weighted by molar-refractivity contribution is 0.471. The largest absolute Gasteiger partial charge is 0.456 e. The molecule has 102 valence electrons. The van der Waals surface area contributed by atoms with Gasteiger partial charge in [-0.25, -0.2) is 0 Å². The third-order valence-corrected chi connectivity index (χ3v) is 3.27. The van der Waals surface area contributed by atoms with Gasteiger partial charge in [0, 0.05) is 0 Å². The summed E-state index contributed by atoms with van der Waals surface area (Å²) in [4.78, 5) is 0. The standard InChI is InChI=1S/C18H19NO/c1-12(2)16-8-6-14(4)10-18(16)20-17-9-13(3)5-7-15(17)11-19/h5-10,12H,1-4H3. The zero-order valence-electron chi connectivity index (χ0n) is 12.4. The van der Waals surface area contributed by atoms with Gasteiger partial charge in [0.05, 0.1) is 5.56 Å². The first-order chi connectivity index (χ1) is 9.51. The van der Waals surface area contributed by atoms with Crippen LogP contribution in [0.15, 0.2) is 36.4 Å². The van der Waals surface area contributed by atoms with Gasteiger partial charge in [-0.3, -0.25) is 0 Å². The Labute approximate surface area is 120 Å². The van der Waals surface area contributed by atoms with E-state index in [9.17, 15) is 5.26 Å². The second-order valence-corrected chi connectivity index (χ2v) is 5.41. The van der Waals surface area contributed by atoms with Crippen molar-refractivity contribution in [2.75, 3.05) is 0 Å². The molecule has 2 rings (SSSR count). The summed E-state index contributed by atoms with van der Waals surface area (Å²) in [5.74, 6) is 1.84. The predicted octanol–water partition coefficient (Wildman–Crippen LogP) is 5.09. The van der Waals surface area contributed by atoms with E-state index in [1.165, 1.54) is 0 Å². The molecule has 0 atom stereocenters. The van der Waals surface area contributed by atoms with Gasteiger partial charge in [-0.1, -0.05) is 32.0 Å². The van der Waals surface area contributed by atoms with Crippen LogP contribution in [0.1, 0.15) is 42.0 Å². The Morgan fingerprint density at radius 1 is 0.950 bits per heavy atom. The van der Waals surface area contributed by atoms with Crippen LogP contribution in [0.3, 0.4) is 0 Å². The van der Waals surface area contributed by atoms with E-state index in [4.69, 9.17) is 4.74 Å². The number of benzene rings is 2. The lowest BCUT2D eigenvalue weighted by atomic mass is 10.0. The van der Waals surface area contributed by atoms with Crippen LogP contribution in [0.25, 0.3) is 0 Å². The van der Waals surface area contributed by atoms with Crippen LogP contribution in [0, 0.1) is 25.2 Å². The average molecular weight is 265 g/mol. The molecule has 0 N–H and O–H groups in total. The number of hydrogen-bond donors (Lipinski definition) is 0. The van der Waals surface area contributed by atoms with Gasteiger partial charge in [0.1, 0.15) is 17.6 Å². The van der Waals surface area contributed by atoms with E-state index in [-0.39, 0.29) is 0 Å². The first-order valence-electron chi connectivity index (χ1n) is 6.80. The van der Waals surface area contributed by atoms with Gasteiger partial charge in [0.2, 0.25) is 0 Å². The van der Waals surface area contributed by atoms with Gasteiger partial charge >= 0.3 is 0 Å². The Kier molecular flexibility index (Phi) is 4.10. The molecule has 0 aliphatic carbocycles. The van der Waals surface area contributed by atoms with Crippen molar-refractivity contribution >= 4 is 0 Å². The fourth-order valence-electron chi connectivity index (χ4n) is 2.13. The van der Waals surface area contributed by atoms with E-state index in [2.05, 4.69) is 32.0 Å². The maximum absolute atomic E-state index is 9.19. The molecule has 0 bridgehead atoms. The van der Waals surface area contributed by atoms with Crippen LogP contribution < -0.4 is 4.74 Å². The monoisotopic (exact) mass is 265 g/mol. The van der Waals surface area contributed by atoms with Gasteiger partial charge in [-0.2, -0.15) is 5.26 Å². The molecule has 0 saturated heterocycles. The minimum absolute atomic E-state index is 0.376. The lowest BCUT2D eigenvalue weighted by Crippen LogP contribution is -1.96. The van der Waals surface area contributed by atoms with Crippen molar-refractivity contribution in [3.8, 4) is 17.6 Å². The van der Waals surface area contributed by atoms with Gasteiger partial charge in [-0.05, 0) is 54.7 Å². The SMILES string of the molecule is Cc1ccc(C#N)c(Oc2cc(C)ccc2C(C)C)c1. The second kappa shape index (κ2) is 5.79. The molecule has 0 spiro atoms. The molecular formula is C18H19NO. The molecule has 20 heavy (non-hydrogen) atoms. The molecular weight excluding hydrogens is 246 g/mol. The van der Waals surface area contributed by atoms with Crippen LogP contribution in [-0.2, 0) is 0 Å². The van der Waals surface area contributed by atoms with Crippen LogP contribution in [0.4, 0.5) is 0 Å². The summed E-state index contributed by atoms with van der Waals surface area (Å²) in [6.07, 6.45) is 0. The van der Waals surface area contributed by atoms with Gasteiger partial charge in [0.25, 0.3) is 0 Å². The zero-order valence-corrected chi connectivity index (χ0v) is 12.4. The van der Waals surface area contributed by atoms with Gasteiger partial charge in [0.15, 0.2) is 0 Å². The molecule has 2 heteroatoms. The van der Waals surface area contributed by atoms with Crippen LogP contribution in [0.2, 0.25) is 0 Å². The molecule has 2 aromatic carbocycles. The number of ether oxygens (including phenoxy) is 1. The van der Waals surface area contributed by atoms with E-state index in [1.54, 1.807) is 6.07 Å². The van der Waals surface area contributed by atoms with E-state index < -0.39 is 0 Å². The van der Waals surface area contributed by atoms with Crippen molar-refractivity contribution in [2.24, 2.45) is 0 Å². The van der Waals surface area contributed by atoms with Crippen LogP contribution in [0.5, 0.6) is 11.5 Å². The minimum Gasteiger partial charge on any atom is -0.456 e. The second-order valence-electron chi connectivity index (χ2n) is 5.41. The fraction of sp³-hybridized carbons (Fsp3) is 0.278. The normalized spacial score (nSPS) is 10.4. The molecule has 0 saturated carbocycles. The summed E-state index contributed by atoms with van der Waals surface area (Å²) in [5.41, 5.74) is 3.95. The minimum atomic E-state index is 0.376. The predicted molar refractivity (Wildman–Crippen MR) is 81.2 cm³/mol. The summed E-state index contributed by atoms with van der Waals surface area (Å²) >= 11 is 0. The van der Waals surface area contributed by atoms with Crippen molar-refractivity contribution in [2.45, 2.75) is 33.6 Å².